The van der Waals surface area contributed by atoms with E-state index in [1.54, 1.807) is 4.90 Å². The van der Waals surface area contributed by atoms with Crippen LogP contribution in [0.3, 0.4) is 0 Å². The molecule has 2 atom stereocenters. The summed E-state index contributed by atoms with van der Waals surface area (Å²) in [5.41, 5.74) is 2.64. The molecule has 2 rings (SSSR count). The second-order valence-electron chi connectivity index (χ2n) is 5.26. The largest absolute Gasteiger partial charge is 0.345 e. The van der Waals surface area contributed by atoms with Gasteiger partial charge in [0, 0.05) is 24.7 Å². The van der Waals surface area contributed by atoms with Crippen LogP contribution in [0.1, 0.15) is 25.0 Å². The summed E-state index contributed by atoms with van der Waals surface area (Å²) in [4.78, 5) is 13.8. The average molecular weight is 281 g/mol. The number of rotatable bonds is 4. The van der Waals surface area contributed by atoms with E-state index in [0.29, 0.717) is 6.04 Å². The van der Waals surface area contributed by atoms with E-state index in [1.807, 2.05) is 33.0 Å². The van der Waals surface area contributed by atoms with Gasteiger partial charge in [0.2, 0.25) is 5.91 Å². The maximum absolute atomic E-state index is 12.0. The van der Waals surface area contributed by atoms with E-state index in [1.165, 1.54) is 11.1 Å². The molecule has 19 heavy (non-hydrogen) atoms. The third-order valence-corrected chi connectivity index (χ3v) is 4.04. The van der Waals surface area contributed by atoms with E-state index >= 15 is 0 Å². The molecule has 1 aliphatic rings. The third kappa shape index (κ3) is 3.28. The van der Waals surface area contributed by atoms with Crippen molar-refractivity contribution < 1.29 is 4.79 Å². The minimum Gasteiger partial charge on any atom is -0.345 e. The summed E-state index contributed by atoms with van der Waals surface area (Å²) in [7, 11) is 1.84. The molecule has 0 aliphatic heterocycles. The molecule has 1 aromatic carbocycles. The zero-order valence-corrected chi connectivity index (χ0v) is 12.5. The molecule has 0 saturated carbocycles. The van der Waals surface area contributed by atoms with Crippen LogP contribution in [-0.4, -0.2) is 36.5 Å². The van der Waals surface area contributed by atoms with Gasteiger partial charge in [-0.3, -0.25) is 4.79 Å². The van der Waals surface area contributed by atoms with Gasteiger partial charge in [0.25, 0.3) is 0 Å². The number of amides is 1. The predicted octanol–water partition coefficient (Wildman–Crippen LogP) is 2.26. The molecule has 0 bridgehead atoms. The fourth-order valence-electron chi connectivity index (χ4n) is 2.62. The standard InChI is InChI=1S/C15H21ClN2O/c1-4-18(3)15(19)10(2)17-14-8-11-5-6-13(16)7-12(11)9-14/h5-7,10,14,17H,4,8-9H2,1-3H3. The SMILES string of the molecule is CCN(C)C(=O)C(C)NC1Cc2ccc(Cl)cc2C1. The van der Waals surface area contributed by atoms with Crippen LogP contribution in [0, 0.1) is 0 Å². The van der Waals surface area contributed by atoms with E-state index < -0.39 is 0 Å². The van der Waals surface area contributed by atoms with E-state index in [2.05, 4.69) is 11.4 Å². The highest BCUT2D eigenvalue weighted by atomic mass is 35.5. The number of hydrogen-bond donors (Lipinski definition) is 1. The summed E-state index contributed by atoms with van der Waals surface area (Å²) in [5.74, 6) is 0.150. The van der Waals surface area contributed by atoms with Gasteiger partial charge in [-0.2, -0.15) is 0 Å². The average Bonchev–Trinajstić information content (AvgIpc) is 2.77. The Morgan fingerprint density at radius 1 is 1.47 bits per heavy atom. The number of benzene rings is 1. The maximum Gasteiger partial charge on any atom is 0.239 e. The lowest BCUT2D eigenvalue weighted by Crippen LogP contribution is -2.47. The number of hydrogen-bond acceptors (Lipinski definition) is 2. The van der Waals surface area contributed by atoms with Crippen molar-refractivity contribution in [2.45, 2.75) is 38.8 Å². The van der Waals surface area contributed by atoms with Gasteiger partial charge < -0.3 is 10.2 Å². The first-order chi connectivity index (χ1) is 9.01. The number of likely N-dealkylation sites (N-methyl/N-ethyl adjacent to an activating group) is 1. The number of nitrogens with zero attached hydrogens (tertiary/aromatic N) is 1. The van der Waals surface area contributed by atoms with Crippen molar-refractivity contribution in [2.75, 3.05) is 13.6 Å². The van der Waals surface area contributed by atoms with Gasteiger partial charge in [-0.1, -0.05) is 17.7 Å². The molecule has 4 heteroatoms. The highest BCUT2D eigenvalue weighted by molar-refractivity contribution is 6.30. The predicted molar refractivity (Wildman–Crippen MR) is 78.6 cm³/mol. The highest BCUT2D eigenvalue weighted by Crippen LogP contribution is 2.25. The van der Waals surface area contributed by atoms with E-state index in [4.69, 9.17) is 11.6 Å². The maximum atomic E-state index is 12.0. The molecule has 0 radical (unpaired) electrons. The van der Waals surface area contributed by atoms with Crippen LogP contribution in [0.4, 0.5) is 0 Å². The molecule has 1 aromatic rings. The first-order valence-corrected chi connectivity index (χ1v) is 7.17. The number of carbonyl (C=O) groups excluding carboxylic acids is 1. The molecule has 3 nitrogen and oxygen atoms in total. The zero-order valence-electron chi connectivity index (χ0n) is 11.7. The van der Waals surface area contributed by atoms with Crippen LogP contribution >= 0.6 is 11.6 Å². The lowest BCUT2D eigenvalue weighted by atomic mass is 10.1. The molecule has 0 aromatic heterocycles. The third-order valence-electron chi connectivity index (χ3n) is 3.81. The molecular weight excluding hydrogens is 260 g/mol. The van der Waals surface area contributed by atoms with Gasteiger partial charge in [-0.05, 0) is 49.9 Å². The zero-order chi connectivity index (χ0) is 14.0. The Morgan fingerprint density at radius 2 is 2.16 bits per heavy atom. The van der Waals surface area contributed by atoms with Crippen LogP contribution in [-0.2, 0) is 17.6 Å². The van der Waals surface area contributed by atoms with E-state index in [9.17, 15) is 4.79 Å². The molecule has 0 spiro atoms. The fraction of sp³-hybridized carbons (Fsp3) is 0.533. The fourth-order valence-corrected chi connectivity index (χ4v) is 2.81. The van der Waals surface area contributed by atoms with Gasteiger partial charge >= 0.3 is 0 Å². The Hall–Kier alpha value is -1.06. The van der Waals surface area contributed by atoms with Crippen LogP contribution in [0.2, 0.25) is 5.02 Å². The minimum absolute atomic E-state index is 0.139. The van der Waals surface area contributed by atoms with Gasteiger partial charge in [-0.25, -0.2) is 0 Å². The molecule has 1 N–H and O–H groups in total. The smallest absolute Gasteiger partial charge is 0.239 e. The van der Waals surface area contributed by atoms with Crippen LogP contribution in [0.15, 0.2) is 18.2 Å². The lowest BCUT2D eigenvalue weighted by Gasteiger charge is -2.23. The summed E-state index contributed by atoms with van der Waals surface area (Å²) in [6, 6.07) is 6.24. The summed E-state index contributed by atoms with van der Waals surface area (Å²) in [5, 5.41) is 4.21. The monoisotopic (exact) mass is 280 g/mol. The van der Waals surface area contributed by atoms with Crippen molar-refractivity contribution in [3.8, 4) is 0 Å². The summed E-state index contributed by atoms with van der Waals surface area (Å²) in [6.45, 7) is 4.66. The van der Waals surface area contributed by atoms with Gasteiger partial charge in [-0.15, -0.1) is 0 Å². The molecule has 0 heterocycles. The number of halogens is 1. The highest BCUT2D eigenvalue weighted by Gasteiger charge is 2.25. The Balaban J connectivity index is 1.95. The van der Waals surface area contributed by atoms with Gasteiger partial charge in [0.05, 0.1) is 6.04 Å². The van der Waals surface area contributed by atoms with E-state index in [-0.39, 0.29) is 11.9 Å². The van der Waals surface area contributed by atoms with Crippen molar-refractivity contribution in [2.24, 2.45) is 0 Å². The number of carbonyl (C=O) groups is 1. The normalized spacial score (nSPS) is 19.1. The minimum atomic E-state index is -0.139. The van der Waals surface area contributed by atoms with Crippen molar-refractivity contribution in [1.29, 1.82) is 0 Å². The topological polar surface area (TPSA) is 32.3 Å². The molecular formula is C15H21ClN2O. The second-order valence-corrected chi connectivity index (χ2v) is 5.70. The first-order valence-electron chi connectivity index (χ1n) is 6.79. The summed E-state index contributed by atoms with van der Waals surface area (Å²) < 4.78 is 0. The number of fused-ring (bicyclic) bond motifs is 1. The molecule has 2 unspecified atom stereocenters. The quantitative estimate of drug-likeness (QED) is 0.918. The second kappa shape index (κ2) is 5.93. The first kappa shape index (κ1) is 14.4. The molecule has 0 saturated heterocycles. The van der Waals surface area contributed by atoms with Crippen molar-refractivity contribution >= 4 is 17.5 Å². The van der Waals surface area contributed by atoms with Crippen molar-refractivity contribution in [3.05, 3.63) is 34.3 Å². The Bertz CT molecular complexity index is 475. The van der Waals surface area contributed by atoms with Crippen LogP contribution < -0.4 is 5.32 Å². The molecule has 104 valence electrons. The van der Waals surface area contributed by atoms with E-state index in [0.717, 1.165) is 24.4 Å². The van der Waals surface area contributed by atoms with Gasteiger partial charge in [0.15, 0.2) is 0 Å². The molecule has 0 fully saturated rings. The summed E-state index contributed by atoms with van der Waals surface area (Å²) in [6.07, 6.45) is 1.92. The Labute approximate surface area is 119 Å². The van der Waals surface area contributed by atoms with Gasteiger partial charge in [0.1, 0.15) is 0 Å². The number of nitrogens with one attached hydrogen (secondary N) is 1. The molecule has 1 amide bonds. The molecule has 1 aliphatic carbocycles. The Morgan fingerprint density at radius 3 is 2.84 bits per heavy atom. The lowest BCUT2D eigenvalue weighted by molar-refractivity contribution is -0.131. The Kier molecular flexibility index (Phi) is 4.48. The summed E-state index contributed by atoms with van der Waals surface area (Å²) >= 11 is 6.01. The van der Waals surface area contributed by atoms with Crippen LogP contribution in [0.25, 0.3) is 0 Å². The van der Waals surface area contributed by atoms with Crippen molar-refractivity contribution in [1.82, 2.24) is 10.2 Å². The van der Waals surface area contributed by atoms with Crippen LogP contribution in [0.5, 0.6) is 0 Å². The van der Waals surface area contributed by atoms with Crippen molar-refractivity contribution in [3.63, 3.8) is 0 Å².